The van der Waals surface area contributed by atoms with Gasteiger partial charge in [0.1, 0.15) is 24.0 Å². The van der Waals surface area contributed by atoms with E-state index in [0.29, 0.717) is 11.0 Å². The van der Waals surface area contributed by atoms with E-state index in [0.717, 1.165) is 0 Å². The number of aliphatic hydroxyl groups is 4. The van der Waals surface area contributed by atoms with Crippen LogP contribution in [-0.4, -0.2) is 49.2 Å². The van der Waals surface area contributed by atoms with Crippen LogP contribution in [0.2, 0.25) is 0 Å². The highest BCUT2D eigenvalue weighted by molar-refractivity contribution is 5.73. The van der Waals surface area contributed by atoms with Crippen LogP contribution in [0, 0.1) is 0 Å². The summed E-state index contributed by atoms with van der Waals surface area (Å²) in [6, 6.07) is 6.72. The molecule has 0 unspecified atom stereocenters. The summed E-state index contributed by atoms with van der Waals surface area (Å²) in [6.45, 7) is -0.732. The second kappa shape index (κ2) is 5.45. The molecular weight excluding hydrogens is 252 g/mol. The van der Waals surface area contributed by atoms with Gasteiger partial charge in [-0.05, 0) is 12.1 Å². The molecule has 3 atom stereocenters. The molecule has 1 aromatic heterocycles. The van der Waals surface area contributed by atoms with Crippen molar-refractivity contribution in [2.24, 2.45) is 0 Å². The van der Waals surface area contributed by atoms with Crippen molar-refractivity contribution in [3.8, 4) is 0 Å². The Labute approximate surface area is 107 Å². The van der Waals surface area contributed by atoms with Crippen LogP contribution < -0.4 is 5.56 Å². The Bertz CT molecular complexity index is 627. The molecule has 0 saturated heterocycles. The average molecular weight is 266 g/mol. The number of aromatic nitrogens is 2. The third kappa shape index (κ3) is 2.64. The number of rotatable bonds is 4. The van der Waals surface area contributed by atoms with Crippen molar-refractivity contribution >= 4 is 11.0 Å². The molecule has 1 aromatic carbocycles. The Hall–Kier alpha value is -1.80. The van der Waals surface area contributed by atoms with Crippen LogP contribution in [0.1, 0.15) is 11.8 Å². The summed E-state index contributed by atoms with van der Waals surface area (Å²) in [5, 5.41) is 37.4. The number of nitrogens with zero attached hydrogens (tertiary/aromatic N) is 1. The van der Waals surface area contributed by atoms with Crippen molar-refractivity contribution in [3.05, 3.63) is 40.3 Å². The molecule has 0 amide bonds. The van der Waals surface area contributed by atoms with Gasteiger partial charge in [0, 0.05) is 0 Å². The number of para-hydroxylation sites is 2. The number of hydrogen-bond acceptors (Lipinski definition) is 6. The van der Waals surface area contributed by atoms with Gasteiger partial charge in [-0.25, -0.2) is 4.98 Å². The first-order chi connectivity index (χ1) is 9.04. The number of H-pyrrole nitrogens is 1. The Kier molecular flexibility index (Phi) is 3.91. The van der Waals surface area contributed by atoms with E-state index < -0.39 is 30.5 Å². The second-order valence-corrected chi connectivity index (χ2v) is 4.15. The van der Waals surface area contributed by atoms with Crippen LogP contribution in [0.4, 0.5) is 0 Å². The maximum absolute atomic E-state index is 11.8. The fourth-order valence-electron chi connectivity index (χ4n) is 1.72. The van der Waals surface area contributed by atoms with Gasteiger partial charge in [-0.2, -0.15) is 0 Å². The molecule has 5 N–H and O–H groups in total. The summed E-state index contributed by atoms with van der Waals surface area (Å²) in [7, 11) is 0. The van der Waals surface area contributed by atoms with Gasteiger partial charge in [-0.3, -0.25) is 4.79 Å². The van der Waals surface area contributed by atoms with E-state index in [1.165, 1.54) is 0 Å². The lowest BCUT2D eigenvalue weighted by Gasteiger charge is -2.20. The van der Waals surface area contributed by atoms with E-state index in [1.54, 1.807) is 24.3 Å². The normalized spacial score (nSPS) is 16.2. The zero-order valence-electron chi connectivity index (χ0n) is 9.89. The van der Waals surface area contributed by atoms with Crippen molar-refractivity contribution in [2.45, 2.75) is 18.3 Å². The minimum Gasteiger partial charge on any atom is -0.394 e. The van der Waals surface area contributed by atoms with Crippen LogP contribution >= 0.6 is 0 Å². The zero-order chi connectivity index (χ0) is 14.0. The summed E-state index contributed by atoms with van der Waals surface area (Å²) >= 11 is 0. The smallest absolute Gasteiger partial charge is 0.272 e. The predicted molar refractivity (Wildman–Crippen MR) is 66.4 cm³/mol. The highest BCUT2D eigenvalue weighted by Gasteiger charge is 2.28. The molecule has 102 valence electrons. The van der Waals surface area contributed by atoms with E-state index >= 15 is 0 Å². The van der Waals surface area contributed by atoms with Crippen molar-refractivity contribution in [1.82, 2.24) is 9.97 Å². The number of fused-ring (bicyclic) bond motifs is 1. The van der Waals surface area contributed by atoms with Gasteiger partial charge in [0.05, 0.1) is 17.6 Å². The lowest BCUT2D eigenvalue weighted by molar-refractivity contribution is -0.0792. The number of hydrogen-bond donors (Lipinski definition) is 5. The largest absolute Gasteiger partial charge is 0.394 e. The van der Waals surface area contributed by atoms with Crippen LogP contribution in [0.5, 0.6) is 0 Å². The first-order valence-corrected chi connectivity index (χ1v) is 5.68. The minimum atomic E-state index is -1.69. The molecule has 2 aromatic rings. The van der Waals surface area contributed by atoms with E-state index in [1.807, 2.05) is 0 Å². The fourth-order valence-corrected chi connectivity index (χ4v) is 1.72. The van der Waals surface area contributed by atoms with Gasteiger partial charge < -0.3 is 25.4 Å². The number of aliphatic hydroxyl groups excluding tert-OH is 4. The zero-order valence-corrected chi connectivity index (χ0v) is 9.89. The molecule has 0 fully saturated rings. The average Bonchev–Trinajstić information content (AvgIpc) is 2.44. The Morgan fingerprint density at radius 1 is 1.21 bits per heavy atom. The van der Waals surface area contributed by atoms with Crippen LogP contribution in [-0.2, 0) is 0 Å². The molecule has 2 rings (SSSR count). The van der Waals surface area contributed by atoms with Gasteiger partial charge in [-0.1, -0.05) is 12.1 Å². The standard InChI is InChI=1S/C12H14N2O5/c15-5-8(16)10(17)11(18)9-12(19)14-7-4-2-1-3-6(7)13-9/h1-4,8,10-11,15-18H,5H2,(H,14,19)/t8-,10+,11-/m0/s1. The summed E-state index contributed by atoms with van der Waals surface area (Å²) in [5.41, 5.74) is -0.0171. The van der Waals surface area contributed by atoms with Crippen LogP contribution in [0.15, 0.2) is 29.1 Å². The monoisotopic (exact) mass is 266 g/mol. The molecular formula is C12H14N2O5. The van der Waals surface area contributed by atoms with E-state index in [9.17, 15) is 20.1 Å². The summed E-state index contributed by atoms with van der Waals surface area (Å²) in [6.07, 6.45) is -4.93. The van der Waals surface area contributed by atoms with E-state index in [-0.39, 0.29) is 5.69 Å². The highest BCUT2D eigenvalue weighted by Crippen LogP contribution is 2.16. The molecule has 7 nitrogen and oxygen atoms in total. The lowest BCUT2D eigenvalue weighted by Crippen LogP contribution is -2.37. The Balaban J connectivity index is 2.44. The maximum Gasteiger partial charge on any atom is 0.272 e. The number of nitrogens with one attached hydrogen (secondary N) is 1. The van der Waals surface area contributed by atoms with Gasteiger partial charge in [0.25, 0.3) is 5.56 Å². The number of benzene rings is 1. The molecule has 0 aliphatic carbocycles. The lowest BCUT2D eigenvalue weighted by atomic mass is 10.1. The molecule has 0 aliphatic heterocycles. The summed E-state index contributed by atoms with van der Waals surface area (Å²) in [4.78, 5) is 18.2. The van der Waals surface area contributed by atoms with Gasteiger partial charge in [-0.15, -0.1) is 0 Å². The summed E-state index contributed by atoms with van der Waals surface area (Å²) in [5.74, 6) is 0. The van der Waals surface area contributed by atoms with E-state index in [4.69, 9.17) is 5.11 Å². The fraction of sp³-hybridized carbons (Fsp3) is 0.333. The summed E-state index contributed by atoms with van der Waals surface area (Å²) < 4.78 is 0. The third-order valence-corrected chi connectivity index (χ3v) is 2.81. The first kappa shape index (κ1) is 13.6. The SMILES string of the molecule is O=c1[nH]c2ccccc2nc1[C@H](O)[C@H](O)[C@@H](O)CO. The third-order valence-electron chi connectivity index (χ3n) is 2.81. The van der Waals surface area contributed by atoms with Crippen molar-refractivity contribution < 1.29 is 20.4 Å². The molecule has 1 heterocycles. The highest BCUT2D eigenvalue weighted by atomic mass is 16.4. The molecule has 0 aliphatic rings. The first-order valence-electron chi connectivity index (χ1n) is 5.68. The Morgan fingerprint density at radius 2 is 1.89 bits per heavy atom. The van der Waals surface area contributed by atoms with Gasteiger partial charge >= 0.3 is 0 Å². The van der Waals surface area contributed by atoms with Crippen LogP contribution in [0.25, 0.3) is 11.0 Å². The number of aromatic amines is 1. The van der Waals surface area contributed by atoms with Crippen molar-refractivity contribution in [2.75, 3.05) is 6.61 Å². The van der Waals surface area contributed by atoms with E-state index in [2.05, 4.69) is 9.97 Å². The molecule has 0 bridgehead atoms. The van der Waals surface area contributed by atoms with Crippen LogP contribution in [0.3, 0.4) is 0 Å². The quantitative estimate of drug-likeness (QED) is 0.466. The molecule has 0 spiro atoms. The topological polar surface area (TPSA) is 127 Å². The molecule has 0 saturated carbocycles. The molecule has 0 radical (unpaired) electrons. The molecule has 19 heavy (non-hydrogen) atoms. The Morgan fingerprint density at radius 3 is 2.58 bits per heavy atom. The van der Waals surface area contributed by atoms with Gasteiger partial charge in [0.15, 0.2) is 0 Å². The predicted octanol–water partition coefficient (Wildman–Crippen LogP) is -1.33. The minimum absolute atomic E-state index is 0.307. The van der Waals surface area contributed by atoms with Crippen molar-refractivity contribution in [1.29, 1.82) is 0 Å². The second-order valence-electron chi connectivity index (χ2n) is 4.15. The van der Waals surface area contributed by atoms with Crippen molar-refractivity contribution in [3.63, 3.8) is 0 Å². The molecule has 7 heteroatoms. The van der Waals surface area contributed by atoms with Gasteiger partial charge in [0.2, 0.25) is 0 Å². The maximum atomic E-state index is 11.8.